The number of piperidine rings is 1. The summed E-state index contributed by atoms with van der Waals surface area (Å²) >= 11 is 5.94. The number of amides is 2. The van der Waals surface area contributed by atoms with Crippen LogP contribution in [0.15, 0.2) is 24.3 Å². The fourth-order valence-corrected chi connectivity index (χ4v) is 5.57. The molecule has 3 aliphatic rings. The Morgan fingerprint density at radius 2 is 1.89 bits per heavy atom. The topological polar surface area (TPSA) is 61.9 Å². The van der Waals surface area contributed by atoms with Crippen molar-refractivity contribution in [2.45, 2.75) is 19.3 Å². The van der Waals surface area contributed by atoms with Crippen LogP contribution in [0, 0.1) is 10.8 Å². The predicted molar refractivity (Wildman–Crippen MR) is 107 cm³/mol. The lowest BCUT2D eigenvalue weighted by Crippen LogP contribution is -2.53. The second-order valence-electron chi connectivity index (χ2n) is 8.37. The molecule has 0 aliphatic carbocycles. The highest BCUT2D eigenvalue weighted by Gasteiger charge is 2.63. The zero-order chi connectivity index (χ0) is 19.8. The number of halogens is 1. The number of nitrogens with zero attached hydrogens (tertiary/aromatic N) is 2. The Balaban J connectivity index is 1.50. The number of hydrogen-bond acceptors (Lipinski definition) is 4. The SMILES string of the molecule is COCCN1CC2(CCN(C(=O)c3ccc(Cl)cc3)CC2)C2(CCNC2=O)C1. The maximum atomic E-state index is 12.9. The van der Waals surface area contributed by atoms with Crippen LogP contribution in [0.2, 0.25) is 5.02 Å². The van der Waals surface area contributed by atoms with Gasteiger partial charge in [-0.15, -0.1) is 0 Å². The van der Waals surface area contributed by atoms with Gasteiger partial charge in [-0.25, -0.2) is 0 Å². The summed E-state index contributed by atoms with van der Waals surface area (Å²) < 4.78 is 5.26. The number of likely N-dealkylation sites (tertiary alicyclic amines) is 2. The van der Waals surface area contributed by atoms with Gasteiger partial charge in [0.25, 0.3) is 5.91 Å². The number of carbonyl (C=O) groups is 2. The van der Waals surface area contributed by atoms with Crippen LogP contribution in [0.5, 0.6) is 0 Å². The van der Waals surface area contributed by atoms with Gasteiger partial charge in [-0.1, -0.05) is 11.6 Å². The first-order valence-corrected chi connectivity index (χ1v) is 10.4. The highest BCUT2D eigenvalue weighted by molar-refractivity contribution is 6.30. The van der Waals surface area contributed by atoms with E-state index in [1.165, 1.54) is 0 Å². The molecule has 7 heteroatoms. The van der Waals surface area contributed by atoms with Crippen LogP contribution in [0.25, 0.3) is 0 Å². The van der Waals surface area contributed by atoms with Crippen LogP contribution in [-0.2, 0) is 9.53 Å². The van der Waals surface area contributed by atoms with E-state index in [0.717, 1.165) is 45.4 Å². The minimum atomic E-state index is -0.323. The Morgan fingerprint density at radius 1 is 1.18 bits per heavy atom. The predicted octanol–water partition coefficient (Wildman–Crippen LogP) is 2.03. The molecule has 1 atom stereocenters. The minimum absolute atomic E-state index is 0.0469. The van der Waals surface area contributed by atoms with E-state index >= 15 is 0 Å². The molecule has 1 unspecified atom stereocenters. The van der Waals surface area contributed by atoms with E-state index in [9.17, 15) is 9.59 Å². The van der Waals surface area contributed by atoms with E-state index in [1.807, 2.05) is 4.90 Å². The number of benzene rings is 1. The maximum Gasteiger partial charge on any atom is 0.253 e. The van der Waals surface area contributed by atoms with E-state index in [1.54, 1.807) is 31.4 Å². The number of carbonyl (C=O) groups excluding carboxylic acids is 2. The number of nitrogens with one attached hydrogen (secondary N) is 1. The average Bonchev–Trinajstić information content (AvgIpc) is 3.22. The molecule has 152 valence electrons. The minimum Gasteiger partial charge on any atom is -0.383 e. The van der Waals surface area contributed by atoms with Crippen LogP contribution in [0.1, 0.15) is 29.6 Å². The molecular weight excluding hydrogens is 378 g/mol. The van der Waals surface area contributed by atoms with Gasteiger partial charge in [-0.05, 0) is 43.5 Å². The van der Waals surface area contributed by atoms with E-state index in [2.05, 4.69) is 10.2 Å². The smallest absolute Gasteiger partial charge is 0.253 e. The third-order valence-electron chi connectivity index (χ3n) is 7.02. The summed E-state index contributed by atoms with van der Waals surface area (Å²) in [6.45, 7) is 5.37. The molecule has 1 aromatic rings. The molecule has 0 radical (unpaired) electrons. The number of ether oxygens (including phenoxy) is 1. The summed E-state index contributed by atoms with van der Waals surface area (Å²) in [6.07, 6.45) is 2.62. The summed E-state index contributed by atoms with van der Waals surface area (Å²) in [5.41, 5.74) is 0.288. The van der Waals surface area contributed by atoms with Gasteiger partial charge in [-0.3, -0.25) is 14.5 Å². The summed E-state index contributed by atoms with van der Waals surface area (Å²) in [4.78, 5) is 30.1. The summed E-state index contributed by atoms with van der Waals surface area (Å²) in [5, 5.41) is 3.71. The fourth-order valence-electron chi connectivity index (χ4n) is 5.44. The van der Waals surface area contributed by atoms with Crippen molar-refractivity contribution in [1.29, 1.82) is 0 Å². The van der Waals surface area contributed by atoms with Crippen LogP contribution >= 0.6 is 11.6 Å². The first-order valence-electron chi connectivity index (χ1n) is 10.0. The Labute approximate surface area is 171 Å². The van der Waals surface area contributed by atoms with Crippen LogP contribution in [0.3, 0.4) is 0 Å². The molecule has 28 heavy (non-hydrogen) atoms. The van der Waals surface area contributed by atoms with Crippen molar-refractivity contribution < 1.29 is 14.3 Å². The fraction of sp³-hybridized carbons (Fsp3) is 0.619. The molecule has 2 amide bonds. The van der Waals surface area contributed by atoms with Gasteiger partial charge in [-0.2, -0.15) is 0 Å². The summed E-state index contributed by atoms with van der Waals surface area (Å²) in [5.74, 6) is 0.246. The normalized spacial score (nSPS) is 26.9. The number of fused-ring (bicyclic) bond motifs is 1. The van der Waals surface area contributed by atoms with Crippen LogP contribution < -0.4 is 5.32 Å². The third-order valence-corrected chi connectivity index (χ3v) is 7.27. The average molecular weight is 406 g/mol. The van der Waals surface area contributed by atoms with Gasteiger partial charge < -0.3 is 15.0 Å². The highest BCUT2D eigenvalue weighted by Crippen LogP contribution is 2.56. The van der Waals surface area contributed by atoms with Gasteiger partial charge in [0.1, 0.15) is 0 Å². The Bertz CT molecular complexity index is 746. The quantitative estimate of drug-likeness (QED) is 0.832. The molecule has 2 spiro atoms. The number of methoxy groups -OCH3 is 1. The molecule has 0 saturated carbocycles. The van der Waals surface area contributed by atoms with E-state index in [0.29, 0.717) is 30.3 Å². The lowest BCUT2D eigenvalue weighted by atomic mass is 9.60. The summed E-state index contributed by atoms with van der Waals surface area (Å²) in [6, 6.07) is 7.07. The van der Waals surface area contributed by atoms with Crippen molar-refractivity contribution in [1.82, 2.24) is 15.1 Å². The standard InChI is InChI=1S/C21H28ClN3O3/c1-28-13-12-24-14-20(21(15-24)6-9-23-19(21)27)7-10-25(11-8-20)18(26)16-2-4-17(22)5-3-16/h2-5H,6-15H2,1H3,(H,23,27). The lowest BCUT2D eigenvalue weighted by Gasteiger charge is -2.46. The lowest BCUT2D eigenvalue weighted by molar-refractivity contribution is -0.133. The summed E-state index contributed by atoms with van der Waals surface area (Å²) in [7, 11) is 1.71. The first kappa shape index (κ1) is 19.7. The molecular formula is C21H28ClN3O3. The molecule has 1 N–H and O–H groups in total. The Morgan fingerprint density at radius 3 is 2.50 bits per heavy atom. The Hall–Kier alpha value is -1.63. The van der Waals surface area contributed by atoms with Gasteiger partial charge in [0.2, 0.25) is 5.91 Å². The van der Waals surface area contributed by atoms with Gasteiger partial charge in [0.05, 0.1) is 12.0 Å². The van der Waals surface area contributed by atoms with Crippen molar-refractivity contribution in [3.63, 3.8) is 0 Å². The maximum absolute atomic E-state index is 12.9. The van der Waals surface area contributed by atoms with Crippen LogP contribution in [-0.4, -0.2) is 74.6 Å². The largest absolute Gasteiger partial charge is 0.383 e. The van der Waals surface area contributed by atoms with Gasteiger partial charge >= 0.3 is 0 Å². The molecule has 1 aromatic carbocycles. The third kappa shape index (κ3) is 3.21. The van der Waals surface area contributed by atoms with Crippen molar-refractivity contribution in [2.75, 3.05) is 53.0 Å². The zero-order valence-corrected chi connectivity index (χ0v) is 17.1. The molecule has 4 rings (SSSR count). The van der Waals surface area contributed by atoms with Crippen molar-refractivity contribution in [2.24, 2.45) is 10.8 Å². The van der Waals surface area contributed by atoms with Crippen molar-refractivity contribution >= 4 is 23.4 Å². The zero-order valence-electron chi connectivity index (χ0n) is 16.4. The molecule has 0 bridgehead atoms. The van der Waals surface area contributed by atoms with Crippen molar-refractivity contribution in [3.8, 4) is 0 Å². The molecule has 3 aliphatic heterocycles. The number of hydrogen-bond donors (Lipinski definition) is 1. The molecule has 3 heterocycles. The molecule has 0 aromatic heterocycles. The molecule has 3 fully saturated rings. The van der Waals surface area contributed by atoms with Crippen molar-refractivity contribution in [3.05, 3.63) is 34.9 Å². The molecule has 6 nitrogen and oxygen atoms in total. The second-order valence-corrected chi connectivity index (χ2v) is 8.81. The van der Waals surface area contributed by atoms with Gasteiger partial charge in [0, 0.05) is 62.4 Å². The monoisotopic (exact) mass is 405 g/mol. The molecule has 3 saturated heterocycles. The van der Waals surface area contributed by atoms with Crippen LogP contribution in [0.4, 0.5) is 0 Å². The van der Waals surface area contributed by atoms with E-state index < -0.39 is 0 Å². The highest BCUT2D eigenvalue weighted by atomic mass is 35.5. The second kappa shape index (κ2) is 7.65. The number of rotatable bonds is 4. The van der Waals surface area contributed by atoms with E-state index in [-0.39, 0.29) is 22.6 Å². The first-order chi connectivity index (χ1) is 13.5. The Kier molecular flexibility index (Phi) is 5.38. The van der Waals surface area contributed by atoms with Gasteiger partial charge in [0.15, 0.2) is 0 Å². The van der Waals surface area contributed by atoms with E-state index in [4.69, 9.17) is 16.3 Å².